The summed E-state index contributed by atoms with van der Waals surface area (Å²) in [6.45, 7) is 3.55. The third kappa shape index (κ3) is 7.51. The van der Waals surface area contributed by atoms with Crippen LogP contribution in [0.25, 0.3) is 0 Å². The molecular formula is C25H35N3O7S. The summed E-state index contributed by atoms with van der Waals surface area (Å²) in [6, 6.07) is 10.9. The van der Waals surface area contributed by atoms with Gasteiger partial charge in [-0.2, -0.15) is 0 Å². The number of carbonyl (C=O) groups excluding carboxylic acids is 2. The van der Waals surface area contributed by atoms with Gasteiger partial charge in [0.05, 0.1) is 33.3 Å². The van der Waals surface area contributed by atoms with Crippen LogP contribution in [0.2, 0.25) is 0 Å². The molecule has 0 spiro atoms. The normalized spacial score (nSPS) is 11.8. The van der Waals surface area contributed by atoms with Gasteiger partial charge in [-0.25, -0.2) is 8.42 Å². The molecular weight excluding hydrogens is 486 g/mol. The van der Waals surface area contributed by atoms with Gasteiger partial charge in [-0.1, -0.05) is 19.1 Å². The van der Waals surface area contributed by atoms with Crippen LogP contribution in [0.15, 0.2) is 42.5 Å². The van der Waals surface area contributed by atoms with Crippen molar-refractivity contribution in [2.45, 2.75) is 32.9 Å². The minimum absolute atomic E-state index is 0.0775. The Kier molecular flexibility index (Phi) is 10.4. The van der Waals surface area contributed by atoms with Crippen LogP contribution in [0, 0.1) is 0 Å². The van der Waals surface area contributed by atoms with Crippen LogP contribution in [0.4, 0.5) is 5.69 Å². The summed E-state index contributed by atoms with van der Waals surface area (Å²) in [6.07, 6.45) is 1.75. The van der Waals surface area contributed by atoms with Crippen molar-refractivity contribution in [1.82, 2.24) is 10.2 Å². The molecule has 0 fully saturated rings. The number of methoxy groups -OCH3 is 3. The van der Waals surface area contributed by atoms with E-state index in [-0.39, 0.29) is 23.9 Å². The Morgan fingerprint density at radius 1 is 1.00 bits per heavy atom. The lowest BCUT2D eigenvalue weighted by Crippen LogP contribution is -2.51. The highest BCUT2D eigenvalue weighted by atomic mass is 32.2. The number of rotatable bonds is 13. The van der Waals surface area contributed by atoms with E-state index in [1.807, 2.05) is 6.92 Å². The van der Waals surface area contributed by atoms with Gasteiger partial charge in [0, 0.05) is 19.2 Å². The highest BCUT2D eigenvalue weighted by molar-refractivity contribution is 7.92. The van der Waals surface area contributed by atoms with Crippen LogP contribution in [0.3, 0.4) is 0 Å². The Morgan fingerprint density at radius 3 is 2.25 bits per heavy atom. The first-order valence-electron chi connectivity index (χ1n) is 11.5. The smallest absolute Gasteiger partial charge is 0.244 e. The fourth-order valence-corrected chi connectivity index (χ4v) is 4.38. The molecule has 2 aromatic rings. The number of carbonyl (C=O) groups is 2. The molecule has 10 nitrogen and oxygen atoms in total. The third-order valence-electron chi connectivity index (χ3n) is 5.54. The van der Waals surface area contributed by atoms with Crippen molar-refractivity contribution in [3.05, 3.63) is 48.0 Å². The molecule has 2 aromatic carbocycles. The molecule has 0 aliphatic heterocycles. The molecule has 0 radical (unpaired) electrons. The second-order valence-corrected chi connectivity index (χ2v) is 10.1. The second kappa shape index (κ2) is 13.0. The van der Waals surface area contributed by atoms with E-state index >= 15 is 0 Å². The Balaban J connectivity index is 2.46. The van der Waals surface area contributed by atoms with Gasteiger partial charge < -0.3 is 24.4 Å². The molecule has 36 heavy (non-hydrogen) atoms. The fraction of sp³-hybridized carbons (Fsp3) is 0.440. The molecule has 0 saturated heterocycles. The van der Waals surface area contributed by atoms with Crippen molar-refractivity contribution in [2.75, 3.05) is 45.0 Å². The minimum atomic E-state index is -3.90. The van der Waals surface area contributed by atoms with E-state index in [9.17, 15) is 18.0 Å². The van der Waals surface area contributed by atoms with Crippen molar-refractivity contribution < 1.29 is 32.2 Å². The van der Waals surface area contributed by atoms with Gasteiger partial charge in [0.1, 0.15) is 29.8 Å². The highest BCUT2D eigenvalue weighted by Crippen LogP contribution is 2.33. The van der Waals surface area contributed by atoms with Gasteiger partial charge >= 0.3 is 0 Å². The zero-order valence-electron chi connectivity index (χ0n) is 21.6. The maximum absolute atomic E-state index is 13.6. The van der Waals surface area contributed by atoms with Gasteiger partial charge in [-0.15, -0.1) is 0 Å². The molecule has 2 rings (SSSR count). The number of sulfonamides is 1. The van der Waals surface area contributed by atoms with Gasteiger partial charge in [0.25, 0.3) is 0 Å². The summed E-state index contributed by atoms with van der Waals surface area (Å²) in [5.41, 5.74) is 0.907. The minimum Gasteiger partial charge on any atom is -0.497 e. The predicted molar refractivity (Wildman–Crippen MR) is 138 cm³/mol. The van der Waals surface area contributed by atoms with Gasteiger partial charge in [0.15, 0.2) is 0 Å². The van der Waals surface area contributed by atoms with Crippen molar-refractivity contribution in [1.29, 1.82) is 0 Å². The van der Waals surface area contributed by atoms with E-state index in [2.05, 4.69) is 5.32 Å². The van der Waals surface area contributed by atoms with E-state index in [1.54, 1.807) is 37.3 Å². The summed E-state index contributed by atoms with van der Waals surface area (Å²) in [5, 5.41) is 2.80. The lowest BCUT2D eigenvalue weighted by molar-refractivity contribution is -0.139. The molecule has 1 N–H and O–H groups in total. The van der Waals surface area contributed by atoms with Gasteiger partial charge in [-0.3, -0.25) is 13.9 Å². The van der Waals surface area contributed by atoms with Crippen LogP contribution >= 0.6 is 0 Å². The molecule has 1 atom stereocenters. The van der Waals surface area contributed by atoms with Gasteiger partial charge in [-0.05, 0) is 43.2 Å². The van der Waals surface area contributed by atoms with E-state index in [1.165, 1.54) is 38.4 Å². The number of ether oxygens (including phenoxy) is 3. The Hall–Kier alpha value is -3.47. The molecule has 0 aromatic heterocycles. The largest absolute Gasteiger partial charge is 0.497 e. The number of nitrogens with zero attached hydrogens (tertiary/aromatic N) is 2. The van der Waals surface area contributed by atoms with Crippen molar-refractivity contribution in [3.8, 4) is 17.2 Å². The first kappa shape index (κ1) is 28.8. The maximum atomic E-state index is 13.6. The molecule has 0 bridgehead atoms. The van der Waals surface area contributed by atoms with Crippen LogP contribution in [-0.4, -0.2) is 71.8 Å². The van der Waals surface area contributed by atoms with E-state index < -0.39 is 28.5 Å². The average Bonchev–Trinajstić information content (AvgIpc) is 2.87. The van der Waals surface area contributed by atoms with E-state index in [4.69, 9.17) is 14.2 Å². The molecule has 0 unspecified atom stereocenters. The molecule has 2 amide bonds. The molecule has 11 heteroatoms. The van der Waals surface area contributed by atoms with Crippen LogP contribution in [0.1, 0.15) is 25.8 Å². The summed E-state index contributed by atoms with van der Waals surface area (Å²) in [7, 11) is 0.517. The van der Waals surface area contributed by atoms with Gasteiger partial charge in [0.2, 0.25) is 21.8 Å². The molecule has 0 saturated carbocycles. The Bertz CT molecular complexity index is 1150. The number of hydrogen-bond acceptors (Lipinski definition) is 7. The summed E-state index contributed by atoms with van der Waals surface area (Å²) in [4.78, 5) is 27.8. The SMILES string of the molecule is CCCNC(=O)[C@@H](C)N(Cc1cccc(OC)c1)C(=O)CN(c1ccc(OC)cc1OC)S(C)(=O)=O. The van der Waals surface area contributed by atoms with Crippen molar-refractivity contribution >= 4 is 27.5 Å². The monoisotopic (exact) mass is 521 g/mol. The van der Waals surface area contributed by atoms with Crippen molar-refractivity contribution in [2.24, 2.45) is 0 Å². The standard InChI is InChI=1S/C25H35N3O7S/c1-7-13-26-25(30)18(2)27(16-19-9-8-10-20(14-19)33-3)24(29)17-28(36(6,31)32)22-12-11-21(34-4)15-23(22)35-5/h8-12,14-15,18H,7,13,16-17H2,1-6H3,(H,26,30)/t18-/m1/s1. The lowest BCUT2D eigenvalue weighted by Gasteiger charge is -2.32. The fourth-order valence-electron chi connectivity index (χ4n) is 3.53. The molecule has 198 valence electrons. The zero-order chi connectivity index (χ0) is 26.9. The lowest BCUT2D eigenvalue weighted by atomic mass is 10.1. The van der Waals surface area contributed by atoms with E-state index in [0.717, 1.165) is 22.5 Å². The summed E-state index contributed by atoms with van der Waals surface area (Å²) >= 11 is 0. The first-order chi connectivity index (χ1) is 17.0. The first-order valence-corrected chi connectivity index (χ1v) is 13.3. The highest BCUT2D eigenvalue weighted by Gasteiger charge is 2.31. The number of anilines is 1. The predicted octanol–water partition coefficient (Wildman–Crippen LogP) is 2.42. The Labute approximate surface area is 213 Å². The average molecular weight is 522 g/mol. The van der Waals surface area contributed by atoms with Crippen LogP contribution in [0.5, 0.6) is 17.2 Å². The molecule has 0 heterocycles. The second-order valence-electron chi connectivity index (χ2n) is 8.15. The summed E-state index contributed by atoms with van der Waals surface area (Å²) < 4.78 is 42.3. The number of nitrogens with one attached hydrogen (secondary N) is 1. The van der Waals surface area contributed by atoms with Crippen molar-refractivity contribution in [3.63, 3.8) is 0 Å². The topological polar surface area (TPSA) is 114 Å². The zero-order valence-corrected chi connectivity index (χ0v) is 22.4. The quantitative estimate of drug-likeness (QED) is 0.431. The third-order valence-corrected chi connectivity index (χ3v) is 6.66. The van der Waals surface area contributed by atoms with Crippen LogP contribution in [-0.2, 0) is 26.2 Å². The molecule has 0 aliphatic carbocycles. The Morgan fingerprint density at radius 2 is 1.67 bits per heavy atom. The molecule has 0 aliphatic rings. The number of amides is 2. The van der Waals surface area contributed by atoms with E-state index in [0.29, 0.717) is 18.0 Å². The number of hydrogen-bond donors (Lipinski definition) is 1. The number of benzene rings is 2. The van der Waals surface area contributed by atoms with Crippen LogP contribution < -0.4 is 23.8 Å². The summed E-state index contributed by atoms with van der Waals surface area (Å²) in [5.74, 6) is 0.405. The maximum Gasteiger partial charge on any atom is 0.244 e.